The van der Waals surface area contributed by atoms with Gasteiger partial charge in [0.2, 0.25) is 0 Å². The Morgan fingerprint density at radius 2 is 1.79 bits per heavy atom. The molecule has 3 fully saturated rings. The summed E-state index contributed by atoms with van der Waals surface area (Å²) in [6, 6.07) is 1.21. The van der Waals surface area contributed by atoms with Gasteiger partial charge in [-0.3, -0.25) is 4.90 Å². The van der Waals surface area contributed by atoms with Crippen LogP contribution in [0.5, 0.6) is 0 Å². The van der Waals surface area contributed by atoms with Gasteiger partial charge in [0.05, 0.1) is 12.2 Å². The molecule has 3 rings (SSSR count). The molecule has 3 heteroatoms. The molecular formula is C21H39NO2. The van der Waals surface area contributed by atoms with Crippen molar-refractivity contribution in [2.24, 2.45) is 16.7 Å². The minimum absolute atomic E-state index is 0.257. The van der Waals surface area contributed by atoms with Gasteiger partial charge in [0, 0.05) is 25.2 Å². The molecule has 1 heterocycles. The molecule has 0 amide bonds. The molecule has 6 atom stereocenters. The first-order valence-electron chi connectivity index (χ1n) is 10.3. The number of β-amino-alcohol motifs (C(OH)–C–C–N with tert-alkyl or cyclic N) is 1. The first-order chi connectivity index (χ1) is 11.3. The molecule has 0 radical (unpaired) electrons. The second-order valence-corrected chi connectivity index (χ2v) is 9.74. The summed E-state index contributed by atoms with van der Waals surface area (Å²) >= 11 is 0. The van der Waals surface area contributed by atoms with Crippen LogP contribution in [0.2, 0.25) is 0 Å². The largest absolute Gasteiger partial charge is 0.392 e. The molecule has 0 spiro atoms. The van der Waals surface area contributed by atoms with E-state index in [1.807, 2.05) is 0 Å². The van der Waals surface area contributed by atoms with Crippen LogP contribution < -0.4 is 0 Å². The van der Waals surface area contributed by atoms with Gasteiger partial charge in [-0.2, -0.15) is 0 Å². The van der Waals surface area contributed by atoms with Crippen molar-refractivity contribution in [3.63, 3.8) is 0 Å². The first-order valence-corrected chi connectivity index (χ1v) is 10.3. The van der Waals surface area contributed by atoms with Crippen LogP contribution in [-0.4, -0.2) is 47.4 Å². The van der Waals surface area contributed by atoms with Crippen LogP contribution in [0, 0.1) is 16.7 Å². The zero-order chi connectivity index (χ0) is 17.5. The van der Waals surface area contributed by atoms with E-state index in [4.69, 9.17) is 4.74 Å². The zero-order valence-electron chi connectivity index (χ0n) is 16.6. The number of aliphatic hydroxyl groups excluding tert-OH is 1. The summed E-state index contributed by atoms with van der Waals surface area (Å²) in [7, 11) is 0. The number of piperidine rings is 1. The van der Waals surface area contributed by atoms with Gasteiger partial charge in [0.25, 0.3) is 0 Å². The van der Waals surface area contributed by atoms with Crippen LogP contribution in [0.3, 0.4) is 0 Å². The van der Waals surface area contributed by atoms with E-state index in [9.17, 15) is 5.11 Å². The van der Waals surface area contributed by atoms with E-state index in [0.29, 0.717) is 35.6 Å². The second-order valence-electron chi connectivity index (χ2n) is 9.74. The van der Waals surface area contributed by atoms with Crippen molar-refractivity contribution in [2.75, 3.05) is 13.2 Å². The lowest BCUT2D eigenvalue weighted by molar-refractivity contribution is -0.0587. The number of hydrogen-bond donors (Lipinski definition) is 1. The average molecular weight is 338 g/mol. The minimum atomic E-state index is -0.257. The molecule has 0 aromatic heterocycles. The summed E-state index contributed by atoms with van der Waals surface area (Å²) in [5, 5.41) is 10.5. The molecule has 2 bridgehead atoms. The highest BCUT2D eigenvalue weighted by molar-refractivity contribution is 5.11. The summed E-state index contributed by atoms with van der Waals surface area (Å²) in [6.45, 7) is 13.4. The maximum Gasteiger partial charge on any atom is 0.0689 e. The summed E-state index contributed by atoms with van der Waals surface area (Å²) < 4.78 is 6.31. The number of nitrogens with zero attached hydrogens (tertiary/aromatic N) is 1. The molecule has 1 N–H and O–H groups in total. The lowest BCUT2D eigenvalue weighted by Gasteiger charge is -2.40. The van der Waals surface area contributed by atoms with Crippen molar-refractivity contribution in [1.29, 1.82) is 0 Å². The van der Waals surface area contributed by atoms with Crippen LogP contribution in [0.4, 0.5) is 0 Å². The molecular weight excluding hydrogens is 298 g/mol. The summed E-state index contributed by atoms with van der Waals surface area (Å²) in [6.07, 6.45) is 8.67. The molecule has 3 nitrogen and oxygen atoms in total. The number of ether oxygens (including phenoxy) is 1. The van der Waals surface area contributed by atoms with Gasteiger partial charge in [-0.05, 0) is 69.1 Å². The van der Waals surface area contributed by atoms with Gasteiger partial charge >= 0.3 is 0 Å². The van der Waals surface area contributed by atoms with E-state index in [2.05, 4.69) is 39.5 Å². The molecule has 3 aliphatic rings. The van der Waals surface area contributed by atoms with Crippen LogP contribution in [0.25, 0.3) is 0 Å². The number of fused-ring (bicyclic) bond motifs is 2. The fourth-order valence-corrected chi connectivity index (χ4v) is 5.90. The summed E-state index contributed by atoms with van der Waals surface area (Å²) in [5.41, 5.74) is 0.744. The van der Waals surface area contributed by atoms with Crippen molar-refractivity contribution in [3.05, 3.63) is 0 Å². The highest BCUT2D eigenvalue weighted by atomic mass is 16.5. The molecule has 140 valence electrons. The van der Waals surface area contributed by atoms with Gasteiger partial charge < -0.3 is 9.84 Å². The third-order valence-electron chi connectivity index (χ3n) is 8.28. The van der Waals surface area contributed by atoms with Gasteiger partial charge in [0.15, 0.2) is 0 Å². The molecule has 0 unspecified atom stereocenters. The molecule has 2 aliphatic carbocycles. The lowest BCUT2D eigenvalue weighted by Crippen LogP contribution is -2.47. The smallest absolute Gasteiger partial charge is 0.0689 e. The van der Waals surface area contributed by atoms with Crippen LogP contribution >= 0.6 is 0 Å². The zero-order valence-corrected chi connectivity index (χ0v) is 16.6. The second kappa shape index (κ2) is 6.89. The topological polar surface area (TPSA) is 32.7 Å². The Hall–Kier alpha value is -0.120. The van der Waals surface area contributed by atoms with Crippen molar-refractivity contribution in [1.82, 2.24) is 4.90 Å². The van der Waals surface area contributed by atoms with E-state index in [1.54, 1.807) is 0 Å². The normalized spacial score (nSPS) is 43.2. The molecule has 0 aromatic rings. The van der Waals surface area contributed by atoms with Gasteiger partial charge in [-0.1, -0.05) is 27.2 Å². The highest BCUT2D eigenvalue weighted by Crippen LogP contribution is 2.66. The standard InChI is InChI=1S/C21H39NO2/c1-15-7-6-8-16(2)22(15)14-18(23)10-12-24-19-13-17-9-11-21(19,5)20(17,3)4/h15-19,23H,6-14H2,1-5H3/t15-,16+,17-,18-,19+,21-/m1/s1. The number of hydrogen-bond acceptors (Lipinski definition) is 3. The molecule has 1 saturated heterocycles. The van der Waals surface area contributed by atoms with Crippen LogP contribution in [-0.2, 0) is 4.74 Å². The predicted octanol–water partition coefficient (Wildman–Crippen LogP) is 4.23. The Morgan fingerprint density at radius 1 is 1.12 bits per heavy atom. The molecule has 1 aliphatic heterocycles. The van der Waals surface area contributed by atoms with E-state index in [0.717, 1.165) is 18.9 Å². The summed E-state index contributed by atoms with van der Waals surface area (Å²) in [5.74, 6) is 0.826. The van der Waals surface area contributed by atoms with Crippen molar-refractivity contribution in [2.45, 2.75) is 104 Å². The van der Waals surface area contributed by atoms with E-state index >= 15 is 0 Å². The van der Waals surface area contributed by atoms with Crippen LogP contribution in [0.15, 0.2) is 0 Å². The van der Waals surface area contributed by atoms with Crippen molar-refractivity contribution >= 4 is 0 Å². The lowest BCUT2D eigenvalue weighted by atomic mass is 9.70. The average Bonchev–Trinajstić information content (AvgIpc) is 2.84. The van der Waals surface area contributed by atoms with Crippen molar-refractivity contribution in [3.8, 4) is 0 Å². The maximum atomic E-state index is 10.5. The monoisotopic (exact) mass is 337 g/mol. The fraction of sp³-hybridized carbons (Fsp3) is 1.00. The quantitative estimate of drug-likeness (QED) is 0.787. The maximum absolute atomic E-state index is 10.5. The van der Waals surface area contributed by atoms with E-state index < -0.39 is 0 Å². The van der Waals surface area contributed by atoms with E-state index in [-0.39, 0.29) is 6.10 Å². The Labute approximate surface area is 149 Å². The highest BCUT2D eigenvalue weighted by Gasteiger charge is 2.61. The third-order valence-corrected chi connectivity index (χ3v) is 8.28. The Bertz CT molecular complexity index is 428. The Kier molecular flexibility index (Phi) is 5.36. The Balaban J connectivity index is 1.44. The fourth-order valence-electron chi connectivity index (χ4n) is 5.90. The SMILES string of the molecule is C[C@@H]1CCC[C@H](C)N1C[C@H](O)CCO[C@H]1C[C@H]2CC[C@@]1(C)C2(C)C. The number of rotatable bonds is 6. The number of aliphatic hydroxyl groups is 1. The van der Waals surface area contributed by atoms with Gasteiger partial charge in [-0.25, -0.2) is 0 Å². The van der Waals surface area contributed by atoms with Crippen LogP contribution in [0.1, 0.15) is 79.6 Å². The first kappa shape index (κ1) is 18.7. The predicted molar refractivity (Wildman–Crippen MR) is 99.1 cm³/mol. The summed E-state index contributed by atoms with van der Waals surface area (Å²) in [4.78, 5) is 2.50. The third kappa shape index (κ3) is 3.17. The van der Waals surface area contributed by atoms with Gasteiger partial charge in [0.1, 0.15) is 0 Å². The van der Waals surface area contributed by atoms with E-state index in [1.165, 1.54) is 38.5 Å². The number of likely N-dealkylation sites (tertiary alicyclic amines) is 1. The van der Waals surface area contributed by atoms with Gasteiger partial charge in [-0.15, -0.1) is 0 Å². The molecule has 0 aromatic carbocycles. The minimum Gasteiger partial charge on any atom is -0.392 e. The van der Waals surface area contributed by atoms with Crippen molar-refractivity contribution < 1.29 is 9.84 Å². The molecule has 2 saturated carbocycles. The molecule has 24 heavy (non-hydrogen) atoms. The Morgan fingerprint density at radius 3 is 2.33 bits per heavy atom.